The fourth-order valence-corrected chi connectivity index (χ4v) is 3.42. The van der Waals surface area contributed by atoms with E-state index in [9.17, 15) is 4.79 Å². The van der Waals surface area contributed by atoms with Crippen LogP contribution in [0, 0.1) is 0 Å². The van der Waals surface area contributed by atoms with Crippen molar-refractivity contribution >= 4 is 43.5 Å². The van der Waals surface area contributed by atoms with Crippen molar-refractivity contribution in [3.63, 3.8) is 0 Å². The van der Waals surface area contributed by atoms with E-state index in [1.165, 1.54) is 14.2 Å². The van der Waals surface area contributed by atoms with Gasteiger partial charge in [0.25, 0.3) is 5.91 Å². The first-order chi connectivity index (χ1) is 11.0. The Morgan fingerprint density at radius 1 is 1.00 bits per heavy atom. The first-order valence-electron chi connectivity index (χ1n) is 6.56. The third-order valence-corrected chi connectivity index (χ3v) is 4.16. The molecule has 0 aliphatic heterocycles. The van der Waals surface area contributed by atoms with E-state index >= 15 is 0 Å². The largest absolute Gasteiger partial charge is 0.497 e. The number of benzene rings is 2. The number of hydrogen-bond donors (Lipinski definition) is 1. The highest BCUT2D eigenvalue weighted by molar-refractivity contribution is 9.11. The smallest absolute Gasteiger partial charge is 0.259 e. The fraction of sp³-hybridized carbons (Fsp3) is 0.188. The number of carbonyl (C=O) groups excluding carboxylic acids is 1. The number of hydrogen-bond acceptors (Lipinski definition) is 4. The summed E-state index contributed by atoms with van der Waals surface area (Å²) in [6.45, 7) is 0. The van der Waals surface area contributed by atoms with Gasteiger partial charge in [0.15, 0.2) is 0 Å². The molecular weight excluding hydrogens is 430 g/mol. The van der Waals surface area contributed by atoms with Gasteiger partial charge in [-0.1, -0.05) is 15.9 Å². The molecule has 0 bridgehead atoms. The number of methoxy groups -OCH3 is 3. The van der Waals surface area contributed by atoms with Gasteiger partial charge in [0.2, 0.25) is 0 Å². The monoisotopic (exact) mass is 443 g/mol. The molecule has 5 nitrogen and oxygen atoms in total. The third kappa shape index (κ3) is 3.97. The van der Waals surface area contributed by atoms with Crippen LogP contribution in [0.1, 0.15) is 10.4 Å². The molecule has 0 atom stereocenters. The van der Waals surface area contributed by atoms with Crippen LogP contribution in [0.3, 0.4) is 0 Å². The molecule has 2 rings (SSSR count). The van der Waals surface area contributed by atoms with Gasteiger partial charge in [-0.3, -0.25) is 4.79 Å². The highest BCUT2D eigenvalue weighted by Gasteiger charge is 2.18. The molecule has 0 saturated carbocycles. The van der Waals surface area contributed by atoms with Crippen LogP contribution in [0.2, 0.25) is 0 Å². The Bertz CT molecular complexity index is 734. The average Bonchev–Trinajstić information content (AvgIpc) is 2.54. The van der Waals surface area contributed by atoms with Crippen molar-refractivity contribution in [1.29, 1.82) is 0 Å². The Hall–Kier alpha value is -1.73. The molecule has 2 aromatic rings. The Balaban J connectivity index is 2.36. The lowest BCUT2D eigenvalue weighted by molar-refractivity contribution is 0.102. The summed E-state index contributed by atoms with van der Waals surface area (Å²) < 4.78 is 17.2. The van der Waals surface area contributed by atoms with E-state index in [0.717, 1.165) is 4.47 Å². The van der Waals surface area contributed by atoms with E-state index in [0.29, 0.717) is 33.0 Å². The van der Waals surface area contributed by atoms with Gasteiger partial charge in [0, 0.05) is 10.5 Å². The minimum Gasteiger partial charge on any atom is -0.497 e. The standard InChI is InChI=1S/C16H15Br2NO4/c1-21-10-4-5-13(14(8-10)22-2)19-16(20)11-6-9(17)7-12(18)15(11)23-3/h4-8H,1-3H3,(H,19,20). The summed E-state index contributed by atoms with van der Waals surface area (Å²) in [4.78, 5) is 12.6. The Kier molecular flexibility index (Phi) is 5.90. The van der Waals surface area contributed by atoms with Gasteiger partial charge in [0.05, 0.1) is 37.1 Å². The molecule has 2 aromatic carbocycles. The number of amides is 1. The summed E-state index contributed by atoms with van der Waals surface area (Å²) in [5, 5.41) is 2.82. The first kappa shape index (κ1) is 17.6. The van der Waals surface area contributed by atoms with Gasteiger partial charge >= 0.3 is 0 Å². The van der Waals surface area contributed by atoms with Gasteiger partial charge < -0.3 is 19.5 Å². The van der Waals surface area contributed by atoms with Crippen molar-refractivity contribution in [2.24, 2.45) is 0 Å². The summed E-state index contributed by atoms with van der Waals surface area (Å²) in [5.74, 6) is 1.29. The van der Waals surface area contributed by atoms with Crippen LogP contribution in [0.25, 0.3) is 0 Å². The molecule has 0 fully saturated rings. The second-order valence-corrected chi connectivity index (χ2v) is 6.26. The van der Waals surface area contributed by atoms with E-state index in [2.05, 4.69) is 37.2 Å². The minimum absolute atomic E-state index is 0.313. The van der Waals surface area contributed by atoms with Gasteiger partial charge in [-0.05, 0) is 40.2 Å². The summed E-state index contributed by atoms with van der Waals surface area (Å²) in [7, 11) is 4.61. The number of rotatable bonds is 5. The highest BCUT2D eigenvalue weighted by atomic mass is 79.9. The normalized spacial score (nSPS) is 10.1. The number of anilines is 1. The van der Waals surface area contributed by atoms with Crippen LogP contribution in [-0.2, 0) is 0 Å². The maximum atomic E-state index is 12.6. The van der Waals surface area contributed by atoms with Crippen molar-refractivity contribution in [2.45, 2.75) is 0 Å². The Morgan fingerprint density at radius 3 is 2.35 bits per heavy atom. The number of carbonyl (C=O) groups is 1. The summed E-state index contributed by atoms with van der Waals surface area (Å²) in [6.07, 6.45) is 0. The molecule has 1 amide bonds. The molecule has 0 aromatic heterocycles. The molecular formula is C16H15Br2NO4. The van der Waals surface area contributed by atoms with Crippen molar-refractivity contribution in [1.82, 2.24) is 0 Å². The fourth-order valence-electron chi connectivity index (χ4n) is 2.03. The summed E-state index contributed by atoms with van der Waals surface area (Å²) >= 11 is 6.75. The molecule has 0 radical (unpaired) electrons. The van der Waals surface area contributed by atoms with E-state index < -0.39 is 0 Å². The van der Waals surface area contributed by atoms with E-state index in [1.54, 1.807) is 31.4 Å². The Morgan fingerprint density at radius 2 is 1.74 bits per heavy atom. The SMILES string of the molecule is COc1ccc(NC(=O)c2cc(Br)cc(Br)c2OC)c(OC)c1. The molecule has 1 N–H and O–H groups in total. The van der Waals surface area contributed by atoms with E-state index in [-0.39, 0.29) is 5.91 Å². The zero-order valence-electron chi connectivity index (χ0n) is 12.8. The first-order valence-corrected chi connectivity index (χ1v) is 8.15. The van der Waals surface area contributed by atoms with Gasteiger partial charge in [-0.15, -0.1) is 0 Å². The lowest BCUT2D eigenvalue weighted by atomic mass is 10.1. The summed E-state index contributed by atoms with van der Waals surface area (Å²) in [6, 6.07) is 8.66. The van der Waals surface area contributed by atoms with Crippen LogP contribution in [-0.4, -0.2) is 27.2 Å². The molecule has 0 unspecified atom stereocenters. The van der Waals surface area contributed by atoms with Crippen molar-refractivity contribution in [3.05, 3.63) is 44.8 Å². The van der Waals surface area contributed by atoms with Crippen LogP contribution in [0.15, 0.2) is 39.3 Å². The quantitative estimate of drug-likeness (QED) is 0.738. The average molecular weight is 445 g/mol. The predicted octanol–water partition coefficient (Wildman–Crippen LogP) is 4.49. The zero-order chi connectivity index (χ0) is 17.0. The number of halogens is 2. The molecule has 0 aliphatic rings. The lowest BCUT2D eigenvalue weighted by Gasteiger charge is -2.14. The predicted molar refractivity (Wildman–Crippen MR) is 95.9 cm³/mol. The number of nitrogens with one attached hydrogen (secondary N) is 1. The zero-order valence-corrected chi connectivity index (χ0v) is 15.9. The van der Waals surface area contributed by atoms with Crippen LogP contribution in [0.4, 0.5) is 5.69 Å². The van der Waals surface area contributed by atoms with E-state index in [4.69, 9.17) is 14.2 Å². The van der Waals surface area contributed by atoms with Crippen molar-refractivity contribution in [2.75, 3.05) is 26.6 Å². The molecule has 0 aliphatic carbocycles. The maximum Gasteiger partial charge on any atom is 0.259 e. The van der Waals surface area contributed by atoms with Crippen molar-refractivity contribution < 1.29 is 19.0 Å². The van der Waals surface area contributed by atoms with Crippen molar-refractivity contribution in [3.8, 4) is 17.2 Å². The highest BCUT2D eigenvalue weighted by Crippen LogP contribution is 2.34. The molecule has 23 heavy (non-hydrogen) atoms. The second-order valence-electron chi connectivity index (χ2n) is 4.49. The molecule has 122 valence electrons. The van der Waals surface area contributed by atoms with Crippen LogP contribution >= 0.6 is 31.9 Å². The van der Waals surface area contributed by atoms with Crippen LogP contribution < -0.4 is 19.5 Å². The van der Waals surface area contributed by atoms with Gasteiger partial charge in [-0.2, -0.15) is 0 Å². The molecule has 0 heterocycles. The maximum absolute atomic E-state index is 12.6. The molecule has 0 spiro atoms. The lowest BCUT2D eigenvalue weighted by Crippen LogP contribution is -2.14. The second kappa shape index (κ2) is 7.70. The number of ether oxygens (including phenoxy) is 3. The van der Waals surface area contributed by atoms with Gasteiger partial charge in [-0.25, -0.2) is 0 Å². The Labute approximate surface area is 151 Å². The van der Waals surface area contributed by atoms with E-state index in [1.807, 2.05) is 6.07 Å². The third-order valence-electron chi connectivity index (χ3n) is 3.11. The van der Waals surface area contributed by atoms with Gasteiger partial charge in [0.1, 0.15) is 17.2 Å². The summed E-state index contributed by atoms with van der Waals surface area (Å²) in [5.41, 5.74) is 0.933. The molecule has 7 heteroatoms. The molecule has 0 saturated heterocycles. The topological polar surface area (TPSA) is 56.8 Å². The van der Waals surface area contributed by atoms with Crippen LogP contribution in [0.5, 0.6) is 17.2 Å². The minimum atomic E-state index is -0.313.